The number of aromatic nitrogens is 2. The van der Waals surface area contributed by atoms with Crippen molar-refractivity contribution in [2.45, 2.75) is 26.9 Å². The maximum atomic E-state index is 11.3. The highest BCUT2D eigenvalue weighted by molar-refractivity contribution is 6.32. The number of rotatable bonds is 8. The van der Waals surface area contributed by atoms with E-state index in [2.05, 4.69) is 10.3 Å². The van der Waals surface area contributed by atoms with Crippen LogP contribution in [-0.4, -0.2) is 33.2 Å². The second kappa shape index (κ2) is 9.53. The molecule has 2 aromatic carbocycles. The molecule has 0 amide bonds. The number of benzene rings is 2. The van der Waals surface area contributed by atoms with Crippen LogP contribution in [0.1, 0.15) is 23.7 Å². The first-order valence-electron chi connectivity index (χ1n) is 9.42. The first-order valence-corrected chi connectivity index (χ1v) is 9.80. The highest BCUT2D eigenvalue weighted by Crippen LogP contribution is 2.37. The number of ether oxygens (including phenoxy) is 2. The summed E-state index contributed by atoms with van der Waals surface area (Å²) in [6.45, 7) is 5.18. The number of hydrogen-bond acceptors (Lipinski definition) is 6. The summed E-state index contributed by atoms with van der Waals surface area (Å²) in [6.07, 6.45) is 0.295. The normalized spacial score (nSPS) is 12.0. The van der Waals surface area contributed by atoms with E-state index in [9.17, 15) is 9.90 Å². The lowest BCUT2D eigenvalue weighted by atomic mass is 10.2. The molecule has 0 saturated carbocycles. The van der Waals surface area contributed by atoms with E-state index in [4.69, 9.17) is 25.9 Å². The van der Waals surface area contributed by atoms with Gasteiger partial charge in [0.25, 0.3) is 0 Å². The van der Waals surface area contributed by atoms with E-state index in [1.54, 1.807) is 29.9 Å². The molecule has 0 unspecified atom stereocenters. The fourth-order valence-corrected chi connectivity index (χ4v) is 2.90. The Bertz CT molecular complexity index is 1110. The Morgan fingerprint density at radius 1 is 1.23 bits per heavy atom. The fraction of sp³-hybridized carbons (Fsp3) is 0.227. The molecule has 0 bridgehead atoms. The van der Waals surface area contributed by atoms with Gasteiger partial charge in [0.2, 0.25) is 5.88 Å². The van der Waals surface area contributed by atoms with Crippen LogP contribution in [0.5, 0.6) is 23.1 Å². The van der Waals surface area contributed by atoms with E-state index in [0.29, 0.717) is 22.9 Å². The third-order valence-electron chi connectivity index (χ3n) is 4.47. The van der Waals surface area contributed by atoms with Gasteiger partial charge in [-0.25, -0.2) is 9.48 Å². The third-order valence-corrected chi connectivity index (χ3v) is 4.77. The molecular formula is C22H22ClN3O5. The lowest BCUT2D eigenvalue weighted by molar-refractivity contribution is -0.144. The molecule has 0 fully saturated rings. The predicted molar refractivity (Wildman–Crippen MR) is 117 cm³/mol. The molecule has 1 aromatic heterocycles. The van der Waals surface area contributed by atoms with Crippen LogP contribution in [0.4, 0.5) is 0 Å². The number of para-hydroxylation sites is 1. The summed E-state index contributed by atoms with van der Waals surface area (Å²) in [5.41, 5.74) is 2.12. The van der Waals surface area contributed by atoms with E-state index in [0.717, 1.165) is 11.3 Å². The Hall–Kier alpha value is -3.52. The summed E-state index contributed by atoms with van der Waals surface area (Å²) in [4.78, 5) is 16.6. The van der Waals surface area contributed by atoms with E-state index < -0.39 is 12.1 Å². The number of oxime groups is 1. The average molecular weight is 444 g/mol. The summed E-state index contributed by atoms with van der Waals surface area (Å²) in [6, 6.07) is 12.1. The fourth-order valence-electron chi connectivity index (χ4n) is 2.69. The van der Waals surface area contributed by atoms with Gasteiger partial charge in [0.15, 0.2) is 17.6 Å². The quantitative estimate of drug-likeness (QED) is 0.399. The first-order chi connectivity index (χ1) is 14.8. The number of carboxylic acids is 1. The van der Waals surface area contributed by atoms with Crippen molar-refractivity contribution < 1.29 is 24.2 Å². The van der Waals surface area contributed by atoms with Crippen molar-refractivity contribution in [3.05, 3.63) is 64.3 Å². The van der Waals surface area contributed by atoms with Gasteiger partial charge in [0.1, 0.15) is 5.75 Å². The molecule has 162 valence electrons. The van der Waals surface area contributed by atoms with E-state index >= 15 is 0 Å². The molecular weight excluding hydrogens is 422 g/mol. The van der Waals surface area contributed by atoms with Gasteiger partial charge in [-0.05, 0) is 39.0 Å². The predicted octanol–water partition coefficient (Wildman–Crippen LogP) is 4.75. The number of aryl methyl sites for hydroxylation is 2. The molecule has 0 saturated heterocycles. The maximum absolute atomic E-state index is 11.3. The van der Waals surface area contributed by atoms with Crippen molar-refractivity contribution in [2.75, 3.05) is 0 Å². The SMILES string of the molecule is Cc1nn(C)c(Oc2cc(O[C@@H](C)C(=O)O)c(/C=N/Oc3ccccc3)cc2Cl)c1C. The lowest BCUT2D eigenvalue weighted by Gasteiger charge is -2.16. The lowest BCUT2D eigenvalue weighted by Crippen LogP contribution is -2.23. The second-order valence-corrected chi connectivity index (χ2v) is 7.21. The van der Waals surface area contributed by atoms with Crippen molar-refractivity contribution in [1.82, 2.24) is 9.78 Å². The van der Waals surface area contributed by atoms with Gasteiger partial charge in [-0.2, -0.15) is 5.10 Å². The van der Waals surface area contributed by atoms with Crippen molar-refractivity contribution in [1.29, 1.82) is 0 Å². The Morgan fingerprint density at radius 2 is 1.94 bits per heavy atom. The minimum absolute atomic E-state index is 0.228. The number of carbonyl (C=O) groups is 1. The van der Waals surface area contributed by atoms with Gasteiger partial charge in [0, 0.05) is 24.2 Å². The largest absolute Gasteiger partial charge is 0.479 e. The standard InChI is InChI=1S/C22H22ClN3O5/c1-13-14(2)25-26(4)21(13)30-20-11-19(29-15(3)22(27)28)16(10-18(20)23)12-24-31-17-8-6-5-7-9-17/h5-12,15H,1-4H3,(H,27,28)/b24-12+/t15-/m0/s1. The van der Waals surface area contributed by atoms with E-state index in [-0.39, 0.29) is 10.8 Å². The minimum Gasteiger partial charge on any atom is -0.479 e. The molecule has 3 rings (SSSR count). The maximum Gasteiger partial charge on any atom is 0.344 e. The molecule has 1 N–H and O–H groups in total. The topological polar surface area (TPSA) is 95.2 Å². The molecule has 1 atom stereocenters. The van der Waals surface area contributed by atoms with Gasteiger partial charge < -0.3 is 19.4 Å². The Morgan fingerprint density at radius 3 is 2.55 bits per heavy atom. The van der Waals surface area contributed by atoms with Gasteiger partial charge in [-0.3, -0.25) is 0 Å². The summed E-state index contributed by atoms with van der Waals surface area (Å²) in [5, 5.41) is 17.8. The van der Waals surface area contributed by atoms with Crippen LogP contribution < -0.4 is 14.3 Å². The Balaban J connectivity index is 1.94. The zero-order chi connectivity index (χ0) is 22.5. The molecule has 0 aliphatic rings. The minimum atomic E-state index is -1.11. The first kappa shape index (κ1) is 22.2. The summed E-state index contributed by atoms with van der Waals surface area (Å²) in [5.74, 6) is 0.477. The highest BCUT2D eigenvalue weighted by atomic mass is 35.5. The van der Waals surface area contributed by atoms with Gasteiger partial charge >= 0.3 is 5.97 Å². The van der Waals surface area contributed by atoms with Crippen molar-refractivity contribution in [3.63, 3.8) is 0 Å². The zero-order valence-corrected chi connectivity index (χ0v) is 18.3. The molecule has 0 aliphatic heterocycles. The van der Waals surface area contributed by atoms with Crippen LogP contribution in [0.2, 0.25) is 5.02 Å². The monoisotopic (exact) mass is 443 g/mol. The van der Waals surface area contributed by atoms with E-state index in [1.165, 1.54) is 19.2 Å². The van der Waals surface area contributed by atoms with Gasteiger partial charge in [-0.15, -0.1) is 0 Å². The molecule has 0 spiro atoms. The molecule has 0 aliphatic carbocycles. The summed E-state index contributed by atoms with van der Waals surface area (Å²) >= 11 is 6.43. The van der Waals surface area contributed by atoms with Crippen LogP contribution in [0.25, 0.3) is 0 Å². The van der Waals surface area contributed by atoms with Crippen LogP contribution in [-0.2, 0) is 11.8 Å². The molecule has 3 aromatic rings. The number of nitrogens with zero attached hydrogens (tertiary/aromatic N) is 3. The molecule has 0 radical (unpaired) electrons. The zero-order valence-electron chi connectivity index (χ0n) is 17.5. The number of hydrogen-bond donors (Lipinski definition) is 1. The number of carboxylic acid groups (broad SMARTS) is 1. The summed E-state index contributed by atoms with van der Waals surface area (Å²) in [7, 11) is 1.76. The number of halogens is 1. The average Bonchev–Trinajstić information content (AvgIpc) is 2.97. The van der Waals surface area contributed by atoms with Crippen LogP contribution in [0.15, 0.2) is 47.6 Å². The van der Waals surface area contributed by atoms with Crippen molar-refractivity contribution in [2.24, 2.45) is 12.2 Å². The van der Waals surface area contributed by atoms with Crippen LogP contribution >= 0.6 is 11.6 Å². The van der Waals surface area contributed by atoms with Gasteiger partial charge in [0.05, 0.1) is 16.9 Å². The Kier molecular flexibility index (Phi) is 6.81. The van der Waals surface area contributed by atoms with Crippen molar-refractivity contribution in [3.8, 4) is 23.1 Å². The number of aliphatic carboxylic acids is 1. The van der Waals surface area contributed by atoms with Crippen LogP contribution in [0.3, 0.4) is 0 Å². The van der Waals surface area contributed by atoms with Crippen molar-refractivity contribution >= 4 is 23.8 Å². The third kappa shape index (κ3) is 5.35. The van der Waals surface area contributed by atoms with Crippen LogP contribution in [0, 0.1) is 13.8 Å². The molecule has 1 heterocycles. The summed E-state index contributed by atoms with van der Waals surface area (Å²) < 4.78 is 13.2. The molecule has 9 heteroatoms. The Labute approximate surface area is 184 Å². The van der Waals surface area contributed by atoms with Gasteiger partial charge in [-0.1, -0.05) is 35.0 Å². The second-order valence-electron chi connectivity index (χ2n) is 6.80. The molecule has 8 nitrogen and oxygen atoms in total. The highest BCUT2D eigenvalue weighted by Gasteiger charge is 2.19. The smallest absolute Gasteiger partial charge is 0.344 e. The van der Waals surface area contributed by atoms with E-state index in [1.807, 2.05) is 32.0 Å². The molecule has 31 heavy (non-hydrogen) atoms.